The van der Waals surface area contributed by atoms with Gasteiger partial charge in [-0.05, 0) is 25.7 Å². The third-order valence-electron chi connectivity index (χ3n) is 5.10. The number of anilines is 2. The molecule has 1 saturated carbocycles. The molecule has 2 aliphatic rings. The van der Waals surface area contributed by atoms with Gasteiger partial charge < -0.3 is 10.2 Å². The van der Waals surface area contributed by atoms with Crippen molar-refractivity contribution < 1.29 is 4.79 Å². The van der Waals surface area contributed by atoms with Crippen LogP contribution < -0.4 is 10.2 Å². The largest absolute Gasteiger partial charge is 0.341 e. The SMILES string of the molecule is O=C(CSc1nnc(N2CCCC2)n1C1CC1)Nc1nc(-c2ccccc2)cs1. The lowest BCUT2D eigenvalue weighted by Crippen LogP contribution is -2.22. The average molecular weight is 427 g/mol. The predicted molar refractivity (Wildman–Crippen MR) is 117 cm³/mol. The van der Waals surface area contributed by atoms with Gasteiger partial charge in [0.1, 0.15) is 0 Å². The Balaban J connectivity index is 1.22. The van der Waals surface area contributed by atoms with Crippen molar-refractivity contribution >= 4 is 40.1 Å². The first kappa shape index (κ1) is 18.6. The molecule has 1 saturated heterocycles. The number of benzene rings is 1. The summed E-state index contributed by atoms with van der Waals surface area (Å²) in [6.45, 7) is 2.09. The Morgan fingerprint density at radius 2 is 1.97 bits per heavy atom. The number of amides is 1. The molecule has 0 unspecified atom stereocenters. The summed E-state index contributed by atoms with van der Waals surface area (Å²) < 4.78 is 2.24. The summed E-state index contributed by atoms with van der Waals surface area (Å²) in [6.07, 6.45) is 4.75. The van der Waals surface area contributed by atoms with Gasteiger partial charge in [0.15, 0.2) is 10.3 Å². The first-order valence-corrected chi connectivity index (χ1v) is 11.8. The minimum Gasteiger partial charge on any atom is -0.341 e. The van der Waals surface area contributed by atoms with Gasteiger partial charge in [-0.2, -0.15) is 0 Å². The van der Waals surface area contributed by atoms with E-state index in [9.17, 15) is 4.79 Å². The summed E-state index contributed by atoms with van der Waals surface area (Å²) in [7, 11) is 0. The van der Waals surface area contributed by atoms with E-state index in [0.717, 1.165) is 35.5 Å². The van der Waals surface area contributed by atoms with E-state index in [1.54, 1.807) is 0 Å². The Bertz CT molecular complexity index is 992. The average Bonchev–Trinajstić information content (AvgIpc) is 3.15. The molecule has 9 heteroatoms. The predicted octanol–water partition coefficient (Wildman–Crippen LogP) is 4.07. The van der Waals surface area contributed by atoms with Crippen LogP contribution in [0.15, 0.2) is 40.9 Å². The van der Waals surface area contributed by atoms with Crippen molar-refractivity contribution in [1.82, 2.24) is 19.7 Å². The van der Waals surface area contributed by atoms with Crippen molar-refractivity contribution in [3.05, 3.63) is 35.7 Å². The highest BCUT2D eigenvalue weighted by Crippen LogP contribution is 2.41. The zero-order valence-electron chi connectivity index (χ0n) is 16.0. The van der Waals surface area contributed by atoms with E-state index in [0.29, 0.717) is 16.9 Å². The van der Waals surface area contributed by atoms with Crippen molar-refractivity contribution in [2.45, 2.75) is 36.9 Å². The van der Waals surface area contributed by atoms with Gasteiger partial charge in [0, 0.05) is 30.1 Å². The molecule has 29 heavy (non-hydrogen) atoms. The maximum absolute atomic E-state index is 12.5. The lowest BCUT2D eigenvalue weighted by atomic mass is 10.2. The fraction of sp³-hybridized carbons (Fsp3) is 0.400. The maximum Gasteiger partial charge on any atom is 0.236 e. The van der Waals surface area contributed by atoms with Gasteiger partial charge >= 0.3 is 0 Å². The molecule has 7 nitrogen and oxygen atoms in total. The molecule has 1 aliphatic carbocycles. The number of rotatable bonds is 7. The fourth-order valence-corrected chi connectivity index (χ4v) is 5.05. The zero-order chi connectivity index (χ0) is 19.6. The van der Waals surface area contributed by atoms with Gasteiger partial charge in [-0.1, -0.05) is 42.1 Å². The van der Waals surface area contributed by atoms with Gasteiger partial charge in [0.2, 0.25) is 11.9 Å². The quantitative estimate of drug-likeness (QED) is 0.574. The minimum absolute atomic E-state index is 0.0722. The van der Waals surface area contributed by atoms with Gasteiger partial charge in [-0.15, -0.1) is 21.5 Å². The lowest BCUT2D eigenvalue weighted by Gasteiger charge is -2.17. The molecule has 1 amide bonds. The van der Waals surface area contributed by atoms with E-state index < -0.39 is 0 Å². The van der Waals surface area contributed by atoms with Gasteiger partial charge in [0.25, 0.3) is 0 Å². The van der Waals surface area contributed by atoms with E-state index in [4.69, 9.17) is 0 Å². The van der Waals surface area contributed by atoms with Crippen molar-refractivity contribution in [2.24, 2.45) is 0 Å². The summed E-state index contributed by atoms with van der Waals surface area (Å²) in [5, 5.41) is 15.2. The van der Waals surface area contributed by atoms with E-state index in [-0.39, 0.29) is 5.91 Å². The van der Waals surface area contributed by atoms with Crippen LogP contribution >= 0.6 is 23.1 Å². The number of thioether (sulfide) groups is 1. The normalized spacial score (nSPS) is 16.3. The van der Waals surface area contributed by atoms with Crippen LogP contribution in [0.1, 0.15) is 31.7 Å². The van der Waals surface area contributed by atoms with E-state index >= 15 is 0 Å². The molecule has 0 radical (unpaired) electrons. The lowest BCUT2D eigenvalue weighted by molar-refractivity contribution is -0.113. The number of carbonyl (C=O) groups is 1. The van der Waals surface area contributed by atoms with Gasteiger partial charge in [-0.3, -0.25) is 9.36 Å². The Morgan fingerprint density at radius 1 is 1.17 bits per heavy atom. The molecule has 5 rings (SSSR count). The molecule has 2 aromatic heterocycles. The molecule has 150 valence electrons. The second kappa shape index (κ2) is 8.16. The molecular formula is C20H22N6OS2. The van der Waals surface area contributed by atoms with Crippen LogP contribution in [0.25, 0.3) is 11.3 Å². The molecule has 1 N–H and O–H groups in total. The van der Waals surface area contributed by atoms with Crippen molar-refractivity contribution in [3.63, 3.8) is 0 Å². The highest BCUT2D eigenvalue weighted by Gasteiger charge is 2.32. The number of nitrogens with zero attached hydrogens (tertiary/aromatic N) is 5. The molecular weight excluding hydrogens is 404 g/mol. The summed E-state index contributed by atoms with van der Waals surface area (Å²) in [5.74, 6) is 1.20. The van der Waals surface area contributed by atoms with Gasteiger partial charge in [0.05, 0.1) is 11.4 Å². The van der Waals surface area contributed by atoms with Crippen molar-refractivity contribution in [2.75, 3.05) is 29.1 Å². The number of aromatic nitrogens is 4. The molecule has 2 fully saturated rings. The highest BCUT2D eigenvalue weighted by molar-refractivity contribution is 7.99. The minimum atomic E-state index is -0.0722. The van der Waals surface area contributed by atoms with E-state index in [1.165, 1.54) is 48.8 Å². The monoisotopic (exact) mass is 426 g/mol. The Kier molecular flexibility index (Phi) is 5.24. The first-order chi connectivity index (χ1) is 14.3. The topological polar surface area (TPSA) is 75.9 Å². The maximum atomic E-state index is 12.5. The molecule has 3 aromatic rings. The van der Waals surface area contributed by atoms with Gasteiger partial charge in [-0.25, -0.2) is 4.98 Å². The molecule has 0 bridgehead atoms. The van der Waals surface area contributed by atoms with Crippen LogP contribution in [-0.2, 0) is 4.79 Å². The van der Waals surface area contributed by atoms with Crippen molar-refractivity contribution in [1.29, 1.82) is 0 Å². The highest BCUT2D eigenvalue weighted by atomic mass is 32.2. The second-order valence-corrected chi connectivity index (χ2v) is 9.12. The molecule has 1 aromatic carbocycles. The zero-order valence-corrected chi connectivity index (χ0v) is 17.6. The number of nitrogens with one attached hydrogen (secondary N) is 1. The summed E-state index contributed by atoms with van der Waals surface area (Å²) in [5.41, 5.74) is 1.92. The molecule has 1 aliphatic heterocycles. The van der Waals surface area contributed by atoms with Crippen LogP contribution in [0, 0.1) is 0 Å². The van der Waals surface area contributed by atoms with Crippen LogP contribution in [0.2, 0.25) is 0 Å². The smallest absolute Gasteiger partial charge is 0.236 e. The standard InChI is InChI=1S/C20H22N6OS2/c27-17(22-18-21-16(12-28-18)14-6-2-1-3-7-14)13-29-20-24-23-19(25-10-4-5-11-25)26(20)15-8-9-15/h1-3,6-7,12,15H,4-5,8-11,13H2,(H,21,22,27). The Hall–Kier alpha value is -2.39. The number of thiazole rings is 1. The summed E-state index contributed by atoms with van der Waals surface area (Å²) in [4.78, 5) is 19.3. The third kappa shape index (κ3) is 4.16. The van der Waals surface area contributed by atoms with Crippen LogP contribution in [0.3, 0.4) is 0 Å². The van der Waals surface area contributed by atoms with E-state index in [1.807, 2.05) is 35.7 Å². The summed E-state index contributed by atoms with van der Waals surface area (Å²) in [6, 6.07) is 10.5. The molecule has 0 spiro atoms. The first-order valence-electron chi connectivity index (χ1n) is 9.91. The number of hydrogen-bond donors (Lipinski definition) is 1. The molecule has 0 atom stereocenters. The van der Waals surface area contributed by atoms with Crippen LogP contribution in [0.5, 0.6) is 0 Å². The van der Waals surface area contributed by atoms with E-state index in [2.05, 4.69) is 30.0 Å². The summed E-state index contributed by atoms with van der Waals surface area (Å²) >= 11 is 2.89. The Morgan fingerprint density at radius 3 is 2.72 bits per heavy atom. The number of carbonyl (C=O) groups excluding carboxylic acids is 1. The Labute approximate surface area is 177 Å². The molecule has 3 heterocycles. The number of hydrogen-bond acceptors (Lipinski definition) is 7. The van der Waals surface area contributed by atoms with Crippen molar-refractivity contribution in [3.8, 4) is 11.3 Å². The third-order valence-corrected chi connectivity index (χ3v) is 6.80. The van der Waals surface area contributed by atoms with Crippen LogP contribution in [0.4, 0.5) is 11.1 Å². The fourth-order valence-electron chi connectivity index (χ4n) is 3.51. The van der Waals surface area contributed by atoms with Crippen LogP contribution in [-0.4, -0.2) is 44.5 Å². The second-order valence-electron chi connectivity index (χ2n) is 7.32.